The first kappa shape index (κ1) is 19.7. The van der Waals surface area contributed by atoms with E-state index in [0.717, 1.165) is 16.8 Å². The van der Waals surface area contributed by atoms with Crippen LogP contribution in [-0.4, -0.2) is 50.1 Å². The second-order valence-corrected chi connectivity index (χ2v) is 6.98. The summed E-state index contributed by atoms with van der Waals surface area (Å²) < 4.78 is 10.5. The second-order valence-electron chi connectivity index (χ2n) is 6.98. The lowest BCUT2D eigenvalue weighted by atomic mass is 10.0. The molecule has 28 heavy (non-hydrogen) atoms. The van der Waals surface area contributed by atoms with Crippen molar-refractivity contribution in [2.45, 2.75) is 26.8 Å². The Labute approximate surface area is 165 Å². The van der Waals surface area contributed by atoms with Crippen molar-refractivity contribution < 1.29 is 19.1 Å². The molecule has 1 saturated heterocycles. The lowest BCUT2D eigenvalue weighted by Gasteiger charge is -2.39. The van der Waals surface area contributed by atoms with E-state index < -0.39 is 6.04 Å². The molecule has 6 nitrogen and oxygen atoms in total. The van der Waals surface area contributed by atoms with Gasteiger partial charge in [0.1, 0.15) is 17.5 Å². The summed E-state index contributed by atoms with van der Waals surface area (Å²) in [6.45, 7) is 6.74. The Morgan fingerprint density at radius 1 is 1.04 bits per heavy atom. The monoisotopic (exact) mass is 382 g/mol. The predicted molar refractivity (Wildman–Crippen MR) is 108 cm³/mol. The quantitative estimate of drug-likeness (QED) is 0.815. The van der Waals surface area contributed by atoms with Gasteiger partial charge in [-0.2, -0.15) is 0 Å². The highest BCUT2D eigenvalue weighted by Gasteiger charge is 2.36. The number of hydrogen-bond donors (Lipinski definition) is 0. The van der Waals surface area contributed by atoms with Crippen LogP contribution in [0.5, 0.6) is 11.5 Å². The van der Waals surface area contributed by atoms with E-state index in [9.17, 15) is 9.59 Å². The number of aryl methyl sites for hydroxylation is 1. The Balaban J connectivity index is 1.86. The van der Waals surface area contributed by atoms with Gasteiger partial charge in [-0.05, 0) is 50.1 Å². The van der Waals surface area contributed by atoms with Gasteiger partial charge in [0.05, 0.1) is 14.2 Å². The summed E-state index contributed by atoms with van der Waals surface area (Å²) in [5.41, 5.74) is 3.57. The Hall–Kier alpha value is -3.02. The zero-order valence-electron chi connectivity index (χ0n) is 17.0. The second kappa shape index (κ2) is 7.92. The fraction of sp³-hybridized carbons (Fsp3) is 0.364. The van der Waals surface area contributed by atoms with Crippen molar-refractivity contribution >= 4 is 17.5 Å². The number of ether oxygens (including phenoxy) is 2. The largest absolute Gasteiger partial charge is 0.497 e. The normalized spacial score (nSPS) is 16.9. The van der Waals surface area contributed by atoms with E-state index in [1.54, 1.807) is 34.9 Å². The van der Waals surface area contributed by atoms with E-state index in [-0.39, 0.29) is 11.8 Å². The van der Waals surface area contributed by atoms with E-state index in [1.165, 1.54) is 14.2 Å². The third-order valence-electron chi connectivity index (χ3n) is 5.38. The van der Waals surface area contributed by atoms with E-state index in [1.807, 2.05) is 32.0 Å². The topological polar surface area (TPSA) is 59.1 Å². The van der Waals surface area contributed by atoms with Crippen molar-refractivity contribution in [3.05, 3.63) is 53.1 Å². The first-order valence-corrected chi connectivity index (χ1v) is 9.29. The van der Waals surface area contributed by atoms with E-state index in [4.69, 9.17) is 9.47 Å². The average Bonchev–Trinajstić information content (AvgIpc) is 2.71. The maximum atomic E-state index is 13.1. The van der Waals surface area contributed by atoms with Crippen LogP contribution in [0.25, 0.3) is 0 Å². The number of rotatable bonds is 4. The molecule has 6 heteroatoms. The standard InChI is InChI=1S/C22H26N2O4/c1-14-7-6-8-20(15(14)2)24-10-9-23(16(3)21(24)25)22(26)17-11-18(27-4)13-19(12-17)28-5/h6-8,11-13,16H,9-10H2,1-5H3/t16-/m0/s1. The highest BCUT2D eigenvalue weighted by molar-refractivity contribution is 6.04. The molecule has 1 aliphatic rings. The number of benzene rings is 2. The fourth-order valence-electron chi connectivity index (χ4n) is 3.51. The number of methoxy groups -OCH3 is 2. The zero-order valence-corrected chi connectivity index (χ0v) is 17.0. The molecular weight excluding hydrogens is 356 g/mol. The summed E-state index contributed by atoms with van der Waals surface area (Å²) in [4.78, 5) is 29.6. The molecule has 0 aliphatic carbocycles. The van der Waals surface area contributed by atoms with Crippen LogP contribution in [0.3, 0.4) is 0 Å². The summed E-state index contributed by atoms with van der Waals surface area (Å²) in [6, 6.07) is 10.4. The minimum atomic E-state index is -0.557. The van der Waals surface area contributed by atoms with E-state index in [2.05, 4.69) is 0 Å². The Kier molecular flexibility index (Phi) is 5.58. The molecular formula is C22H26N2O4. The highest BCUT2D eigenvalue weighted by atomic mass is 16.5. The van der Waals surface area contributed by atoms with Crippen LogP contribution >= 0.6 is 0 Å². The van der Waals surface area contributed by atoms with Crippen molar-refractivity contribution in [1.82, 2.24) is 4.90 Å². The zero-order chi connectivity index (χ0) is 20.4. The number of hydrogen-bond acceptors (Lipinski definition) is 4. The van der Waals surface area contributed by atoms with Crippen molar-refractivity contribution in [2.75, 3.05) is 32.2 Å². The van der Waals surface area contributed by atoms with Gasteiger partial charge in [0.2, 0.25) is 5.91 Å². The Bertz CT molecular complexity index is 887. The number of piperazine rings is 1. The molecule has 0 spiro atoms. The highest BCUT2D eigenvalue weighted by Crippen LogP contribution is 2.28. The molecule has 0 unspecified atom stereocenters. The SMILES string of the molecule is COc1cc(OC)cc(C(=O)N2CCN(c3cccc(C)c3C)C(=O)[C@@H]2C)c1. The van der Waals surface area contributed by atoms with Crippen LogP contribution in [0, 0.1) is 13.8 Å². The maximum absolute atomic E-state index is 13.1. The van der Waals surface area contributed by atoms with Crippen molar-refractivity contribution in [3.63, 3.8) is 0 Å². The molecule has 2 amide bonds. The Morgan fingerprint density at radius 2 is 1.68 bits per heavy atom. The van der Waals surface area contributed by atoms with Crippen molar-refractivity contribution in [1.29, 1.82) is 0 Å². The molecule has 1 heterocycles. The smallest absolute Gasteiger partial charge is 0.254 e. The number of amides is 2. The third-order valence-corrected chi connectivity index (χ3v) is 5.38. The fourth-order valence-corrected chi connectivity index (χ4v) is 3.51. The summed E-state index contributed by atoms with van der Waals surface area (Å²) in [6.07, 6.45) is 0. The minimum absolute atomic E-state index is 0.0804. The van der Waals surface area contributed by atoms with Gasteiger partial charge < -0.3 is 19.3 Å². The number of carbonyl (C=O) groups excluding carboxylic acids is 2. The van der Waals surface area contributed by atoms with Crippen molar-refractivity contribution in [2.24, 2.45) is 0 Å². The minimum Gasteiger partial charge on any atom is -0.497 e. The van der Waals surface area contributed by atoms with Crippen LogP contribution in [0.1, 0.15) is 28.4 Å². The molecule has 0 bridgehead atoms. The molecule has 1 atom stereocenters. The number of carbonyl (C=O) groups is 2. The summed E-state index contributed by atoms with van der Waals surface area (Å²) in [5.74, 6) is 0.785. The van der Waals surface area contributed by atoms with E-state index >= 15 is 0 Å². The molecule has 0 aromatic heterocycles. The van der Waals surface area contributed by atoms with Crippen LogP contribution in [0.2, 0.25) is 0 Å². The molecule has 2 aromatic carbocycles. The summed E-state index contributed by atoms with van der Waals surface area (Å²) in [5, 5.41) is 0. The van der Waals surface area contributed by atoms with Gasteiger partial charge in [-0.3, -0.25) is 9.59 Å². The van der Waals surface area contributed by atoms with Crippen LogP contribution in [0.4, 0.5) is 5.69 Å². The first-order valence-electron chi connectivity index (χ1n) is 9.29. The molecule has 1 aliphatic heterocycles. The lowest BCUT2D eigenvalue weighted by molar-refractivity contribution is -0.124. The van der Waals surface area contributed by atoms with Gasteiger partial charge in [0.15, 0.2) is 0 Å². The molecule has 0 saturated carbocycles. The lowest BCUT2D eigenvalue weighted by Crippen LogP contribution is -2.58. The molecule has 148 valence electrons. The van der Waals surface area contributed by atoms with Gasteiger partial charge >= 0.3 is 0 Å². The first-order chi connectivity index (χ1) is 13.4. The predicted octanol–water partition coefficient (Wildman–Crippen LogP) is 3.20. The third kappa shape index (κ3) is 3.54. The van der Waals surface area contributed by atoms with Gasteiger partial charge in [0.25, 0.3) is 5.91 Å². The maximum Gasteiger partial charge on any atom is 0.254 e. The molecule has 3 rings (SSSR count). The molecule has 1 fully saturated rings. The van der Waals surface area contributed by atoms with Crippen molar-refractivity contribution in [3.8, 4) is 11.5 Å². The molecule has 2 aromatic rings. The Morgan fingerprint density at radius 3 is 2.29 bits per heavy atom. The van der Waals surface area contributed by atoms with Crippen LogP contribution < -0.4 is 14.4 Å². The van der Waals surface area contributed by atoms with Gasteiger partial charge in [-0.15, -0.1) is 0 Å². The van der Waals surface area contributed by atoms with Gasteiger partial charge in [0, 0.05) is 30.4 Å². The van der Waals surface area contributed by atoms with Gasteiger partial charge in [-0.25, -0.2) is 0 Å². The van der Waals surface area contributed by atoms with Crippen LogP contribution in [0.15, 0.2) is 36.4 Å². The average molecular weight is 382 g/mol. The molecule has 0 radical (unpaired) electrons. The number of nitrogens with zero attached hydrogens (tertiary/aromatic N) is 2. The van der Waals surface area contributed by atoms with Crippen LogP contribution in [-0.2, 0) is 4.79 Å². The van der Waals surface area contributed by atoms with Gasteiger partial charge in [-0.1, -0.05) is 12.1 Å². The molecule has 0 N–H and O–H groups in total. The van der Waals surface area contributed by atoms with E-state index in [0.29, 0.717) is 30.2 Å². The number of anilines is 1. The summed E-state index contributed by atoms with van der Waals surface area (Å²) >= 11 is 0. The summed E-state index contributed by atoms with van der Waals surface area (Å²) in [7, 11) is 3.08.